The summed E-state index contributed by atoms with van der Waals surface area (Å²) in [7, 11) is 3.37. The lowest BCUT2D eigenvalue weighted by Gasteiger charge is -2.31. The molecule has 232 valence electrons. The molecule has 2 aromatic carbocycles. The lowest BCUT2D eigenvalue weighted by Crippen LogP contribution is -2.29. The number of aliphatic hydroxyl groups is 1. The largest absolute Gasteiger partial charge is 0.497 e. The Kier molecular flexibility index (Phi) is 12.3. The maximum Gasteiger partial charge on any atom is 0.155 e. The highest BCUT2D eigenvalue weighted by molar-refractivity contribution is 5.28. The van der Waals surface area contributed by atoms with Crippen molar-refractivity contribution in [2.24, 2.45) is 23.7 Å². The fourth-order valence-corrected chi connectivity index (χ4v) is 6.64. The minimum absolute atomic E-state index is 0.00936. The molecule has 6 heteroatoms. The average Bonchev–Trinajstić information content (AvgIpc) is 3.51. The van der Waals surface area contributed by atoms with E-state index in [0.717, 1.165) is 35.5 Å². The number of ether oxygens (including phenoxy) is 5. The quantitative estimate of drug-likeness (QED) is 0.205. The van der Waals surface area contributed by atoms with Gasteiger partial charge in [0.05, 0.1) is 45.7 Å². The normalized spacial score (nSPS) is 25.4. The Morgan fingerprint density at radius 2 is 1.55 bits per heavy atom. The van der Waals surface area contributed by atoms with Crippen LogP contribution in [0.1, 0.15) is 77.3 Å². The zero-order chi connectivity index (χ0) is 30.1. The molecule has 1 saturated heterocycles. The van der Waals surface area contributed by atoms with Crippen molar-refractivity contribution < 1.29 is 28.8 Å². The van der Waals surface area contributed by atoms with Gasteiger partial charge in [0.1, 0.15) is 11.5 Å². The SMILES string of the molecule is CCCC[C@H](C)C[C@@H](/C=C(\C(C)C)[C@H]1C(OCc2ccc(OC)cc2)C[C@@H]2OC(O)C[C@@H]21)OCc1ccc(OC)cc1. The van der Waals surface area contributed by atoms with Crippen LogP contribution in [0.4, 0.5) is 0 Å². The predicted octanol–water partition coefficient (Wildman–Crippen LogP) is 7.72. The van der Waals surface area contributed by atoms with E-state index in [1.54, 1.807) is 14.2 Å². The van der Waals surface area contributed by atoms with E-state index in [9.17, 15) is 5.11 Å². The summed E-state index contributed by atoms with van der Waals surface area (Å²) in [6.07, 6.45) is 7.76. The minimum atomic E-state index is -0.699. The van der Waals surface area contributed by atoms with Crippen molar-refractivity contribution in [2.45, 2.75) is 104 Å². The molecule has 1 heterocycles. The molecule has 2 fully saturated rings. The highest BCUT2D eigenvalue weighted by Gasteiger charge is 2.51. The van der Waals surface area contributed by atoms with Gasteiger partial charge in [-0.3, -0.25) is 0 Å². The van der Waals surface area contributed by atoms with Crippen molar-refractivity contribution in [1.82, 2.24) is 0 Å². The first-order valence-electron chi connectivity index (χ1n) is 15.8. The van der Waals surface area contributed by atoms with E-state index in [-0.39, 0.29) is 30.1 Å². The minimum Gasteiger partial charge on any atom is -0.497 e. The van der Waals surface area contributed by atoms with Crippen LogP contribution < -0.4 is 9.47 Å². The van der Waals surface area contributed by atoms with Gasteiger partial charge in [-0.05, 0) is 59.6 Å². The van der Waals surface area contributed by atoms with E-state index in [2.05, 4.69) is 58.0 Å². The summed E-state index contributed by atoms with van der Waals surface area (Å²) in [5.41, 5.74) is 3.62. The number of methoxy groups -OCH3 is 2. The molecule has 0 aromatic heterocycles. The summed E-state index contributed by atoms with van der Waals surface area (Å²) in [5.74, 6) is 2.97. The van der Waals surface area contributed by atoms with Crippen molar-refractivity contribution in [2.75, 3.05) is 14.2 Å². The number of hydrogen-bond donors (Lipinski definition) is 1. The summed E-state index contributed by atoms with van der Waals surface area (Å²) < 4.78 is 30.0. The Balaban J connectivity index is 1.57. The topological polar surface area (TPSA) is 66.4 Å². The Morgan fingerprint density at radius 1 is 0.929 bits per heavy atom. The van der Waals surface area contributed by atoms with Gasteiger partial charge in [-0.25, -0.2) is 0 Å². The monoisotopic (exact) mass is 580 g/mol. The van der Waals surface area contributed by atoms with Crippen molar-refractivity contribution in [3.8, 4) is 11.5 Å². The fourth-order valence-electron chi connectivity index (χ4n) is 6.64. The van der Waals surface area contributed by atoms with Gasteiger partial charge in [0.2, 0.25) is 0 Å². The van der Waals surface area contributed by atoms with Crippen LogP contribution in [0.3, 0.4) is 0 Å². The van der Waals surface area contributed by atoms with Gasteiger partial charge < -0.3 is 28.8 Å². The first-order valence-corrected chi connectivity index (χ1v) is 15.8. The smallest absolute Gasteiger partial charge is 0.155 e. The Hall–Kier alpha value is -2.38. The van der Waals surface area contributed by atoms with Gasteiger partial charge in [0.15, 0.2) is 6.29 Å². The van der Waals surface area contributed by atoms with Crippen molar-refractivity contribution in [3.05, 3.63) is 71.3 Å². The number of aliphatic hydroxyl groups excluding tert-OH is 1. The second-order valence-corrected chi connectivity index (χ2v) is 12.5. The lowest BCUT2D eigenvalue weighted by molar-refractivity contribution is -0.0990. The number of benzene rings is 2. The summed E-state index contributed by atoms with van der Waals surface area (Å²) in [4.78, 5) is 0. The molecule has 1 saturated carbocycles. The van der Waals surface area contributed by atoms with Gasteiger partial charge >= 0.3 is 0 Å². The van der Waals surface area contributed by atoms with E-state index >= 15 is 0 Å². The molecule has 1 N–H and O–H groups in total. The Morgan fingerprint density at radius 3 is 2.12 bits per heavy atom. The standard InChI is InChI=1S/C36H52O6/c1-7-8-9-25(4)18-30(40-22-26-10-14-28(38-5)15-11-26)19-31(24(2)3)36-32-20-35(37)42-33(32)21-34(36)41-23-27-12-16-29(39-6)17-13-27/h10-17,19,24-25,30,32-37H,7-9,18,20-23H2,1-6H3/b31-19+/t25-,30-,32-,33-,34?,35?,36+/m0/s1. The molecule has 0 spiro atoms. The number of hydrogen-bond acceptors (Lipinski definition) is 6. The molecule has 4 rings (SSSR count). The van der Waals surface area contributed by atoms with Crippen LogP contribution in [0.2, 0.25) is 0 Å². The summed E-state index contributed by atoms with van der Waals surface area (Å²) in [6.45, 7) is 10.2. The molecule has 0 bridgehead atoms. The molecule has 1 aliphatic heterocycles. The number of fused-ring (bicyclic) bond motifs is 1. The molecule has 0 amide bonds. The van der Waals surface area contributed by atoms with Gasteiger partial charge in [0.25, 0.3) is 0 Å². The van der Waals surface area contributed by atoms with Crippen LogP contribution in [0.15, 0.2) is 60.2 Å². The van der Waals surface area contributed by atoms with Crippen LogP contribution in [0.25, 0.3) is 0 Å². The van der Waals surface area contributed by atoms with Crippen LogP contribution in [0.5, 0.6) is 11.5 Å². The molecule has 2 unspecified atom stereocenters. The predicted molar refractivity (Wildman–Crippen MR) is 166 cm³/mol. The van der Waals surface area contributed by atoms with Crippen LogP contribution in [-0.2, 0) is 27.4 Å². The maximum atomic E-state index is 10.4. The summed E-state index contributed by atoms with van der Waals surface area (Å²) in [6, 6.07) is 16.2. The number of unbranched alkanes of at least 4 members (excludes halogenated alkanes) is 1. The van der Waals surface area contributed by atoms with E-state index in [0.29, 0.717) is 31.5 Å². The average molecular weight is 581 g/mol. The van der Waals surface area contributed by atoms with Crippen LogP contribution in [-0.4, -0.2) is 43.9 Å². The van der Waals surface area contributed by atoms with E-state index in [4.69, 9.17) is 23.7 Å². The van der Waals surface area contributed by atoms with Crippen molar-refractivity contribution >= 4 is 0 Å². The zero-order valence-corrected chi connectivity index (χ0v) is 26.5. The Bertz CT molecular complexity index is 1090. The highest BCUT2D eigenvalue weighted by atomic mass is 16.6. The van der Waals surface area contributed by atoms with Gasteiger partial charge in [-0.2, -0.15) is 0 Å². The van der Waals surface area contributed by atoms with Crippen molar-refractivity contribution in [3.63, 3.8) is 0 Å². The first-order chi connectivity index (χ1) is 20.3. The molecule has 2 aromatic rings. The first kappa shape index (κ1) is 32.5. The highest BCUT2D eigenvalue weighted by Crippen LogP contribution is 2.49. The summed E-state index contributed by atoms with van der Waals surface area (Å²) in [5, 5.41) is 10.4. The van der Waals surface area contributed by atoms with Gasteiger partial charge in [-0.1, -0.05) is 82.9 Å². The molecule has 42 heavy (non-hydrogen) atoms. The van der Waals surface area contributed by atoms with E-state index in [1.165, 1.54) is 24.8 Å². The third-order valence-electron chi connectivity index (χ3n) is 8.97. The molecule has 1 aliphatic carbocycles. The molecular formula is C36H52O6. The van der Waals surface area contributed by atoms with Gasteiger partial charge in [0, 0.05) is 18.8 Å². The molecule has 2 aliphatic rings. The molecule has 7 atom stereocenters. The van der Waals surface area contributed by atoms with Crippen LogP contribution in [0, 0.1) is 23.7 Å². The molecule has 6 nitrogen and oxygen atoms in total. The van der Waals surface area contributed by atoms with E-state index in [1.807, 2.05) is 24.3 Å². The van der Waals surface area contributed by atoms with E-state index < -0.39 is 6.29 Å². The third kappa shape index (κ3) is 8.82. The van der Waals surface area contributed by atoms with Gasteiger partial charge in [-0.15, -0.1) is 0 Å². The van der Waals surface area contributed by atoms with Crippen molar-refractivity contribution in [1.29, 1.82) is 0 Å². The lowest BCUT2D eigenvalue weighted by atomic mass is 9.79. The van der Waals surface area contributed by atoms with Crippen LogP contribution >= 0.6 is 0 Å². The summed E-state index contributed by atoms with van der Waals surface area (Å²) >= 11 is 0. The second kappa shape index (κ2) is 15.9. The molecule has 0 radical (unpaired) electrons. The maximum absolute atomic E-state index is 10.4. The zero-order valence-electron chi connectivity index (χ0n) is 26.5. The third-order valence-corrected chi connectivity index (χ3v) is 8.97. The molecular weight excluding hydrogens is 528 g/mol. The number of rotatable bonds is 16. The second-order valence-electron chi connectivity index (χ2n) is 12.5. The Labute approximate surface area is 253 Å². The fraction of sp³-hybridized carbons (Fsp3) is 0.611.